The van der Waals surface area contributed by atoms with Gasteiger partial charge < -0.3 is 11.5 Å². The second-order valence-electron chi connectivity index (χ2n) is 3.39. The molecule has 0 bridgehead atoms. The average Bonchev–Trinajstić information content (AvgIpc) is 2.50. The molecule has 6 nitrogen and oxygen atoms in total. The molecule has 1 aliphatic rings. The number of halogens is 1. The zero-order valence-electron chi connectivity index (χ0n) is 7.85. The molecular formula is C8H10ClN5O. The summed E-state index contributed by atoms with van der Waals surface area (Å²) in [7, 11) is 0. The molecule has 80 valence electrons. The quantitative estimate of drug-likeness (QED) is 0.646. The highest BCUT2D eigenvalue weighted by Crippen LogP contribution is 2.25. The smallest absolute Gasteiger partial charge is 0.229 e. The van der Waals surface area contributed by atoms with E-state index in [1.807, 2.05) is 0 Å². The lowest BCUT2D eigenvalue weighted by molar-refractivity contribution is -0.117. The van der Waals surface area contributed by atoms with Crippen molar-refractivity contribution in [3.05, 3.63) is 11.5 Å². The van der Waals surface area contributed by atoms with Crippen LogP contribution in [-0.2, 0) is 4.79 Å². The molecule has 1 aliphatic heterocycles. The third-order valence-corrected chi connectivity index (χ3v) is 2.36. The third-order valence-electron chi connectivity index (χ3n) is 2.18. The molecule has 2 heterocycles. The van der Waals surface area contributed by atoms with Crippen LogP contribution in [-0.4, -0.2) is 28.5 Å². The van der Waals surface area contributed by atoms with Gasteiger partial charge in [0.05, 0.1) is 11.9 Å². The number of amides is 1. The van der Waals surface area contributed by atoms with E-state index >= 15 is 0 Å². The zero-order valence-corrected chi connectivity index (χ0v) is 8.61. The topological polar surface area (TPSA) is 98.1 Å². The van der Waals surface area contributed by atoms with Gasteiger partial charge in [-0.25, -0.2) is 4.98 Å². The van der Waals surface area contributed by atoms with E-state index in [1.54, 1.807) is 0 Å². The molecule has 1 aromatic heterocycles. The van der Waals surface area contributed by atoms with E-state index < -0.39 is 0 Å². The molecule has 15 heavy (non-hydrogen) atoms. The van der Waals surface area contributed by atoms with Gasteiger partial charge >= 0.3 is 0 Å². The Kier molecular flexibility index (Phi) is 2.45. The Labute approximate surface area is 91.2 Å². The van der Waals surface area contributed by atoms with Gasteiger partial charge in [-0.15, -0.1) is 0 Å². The molecule has 1 fully saturated rings. The maximum Gasteiger partial charge on any atom is 0.229 e. The van der Waals surface area contributed by atoms with Crippen molar-refractivity contribution in [3.8, 4) is 0 Å². The van der Waals surface area contributed by atoms with Gasteiger partial charge in [-0.2, -0.15) is 4.98 Å². The highest BCUT2D eigenvalue weighted by molar-refractivity contribution is 6.28. The van der Waals surface area contributed by atoms with Crippen LogP contribution >= 0.6 is 11.6 Å². The fourth-order valence-electron chi connectivity index (χ4n) is 1.52. The fourth-order valence-corrected chi connectivity index (χ4v) is 1.65. The summed E-state index contributed by atoms with van der Waals surface area (Å²) in [4.78, 5) is 20.6. The van der Waals surface area contributed by atoms with Gasteiger partial charge in [0.1, 0.15) is 0 Å². The average molecular weight is 228 g/mol. The Balaban J connectivity index is 2.37. The van der Waals surface area contributed by atoms with Crippen LogP contribution in [0.2, 0.25) is 5.28 Å². The molecule has 1 atom stereocenters. The number of hydrogen-bond donors (Lipinski definition) is 2. The Morgan fingerprint density at radius 3 is 2.93 bits per heavy atom. The molecule has 0 radical (unpaired) electrons. The number of aromatic nitrogens is 2. The molecule has 4 N–H and O–H groups in total. The van der Waals surface area contributed by atoms with Gasteiger partial charge in [-0.3, -0.25) is 9.69 Å². The first-order valence-corrected chi connectivity index (χ1v) is 4.79. The summed E-state index contributed by atoms with van der Waals surface area (Å²) >= 11 is 5.63. The molecular weight excluding hydrogens is 218 g/mol. The number of rotatable bonds is 1. The first kappa shape index (κ1) is 10.1. The van der Waals surface area contributed by atoms with E-state index in [2.05, 4.69) is 9.97 Å². The molecule has 0 aliphatic carbocycles. The summed E-state index contributed by atoms with van der Waals surface area (Å²) < 4.78 is 0. The minimum absolute atomic E-state index is 0.0625. The Morgan fingerprint density at radius 2 is 2.33 bits per heavy atom. The second-order valence-corrected chi connectivity index (χ2v) is 3.72. The SMILES string of the molecule is Nc1cnc(Cl)nc1N1CC(N)CC1=O. The summed E-state index contributed by atoms with van der Waals surface area (Å²) in [6.07, 6.45) is 1.68. The molecule has 1 aromatic rings. The van der Waals surface area contributed by atoms with Crippen molar-refractivity contribution in [3.63, 3.8) is 0 Å². The third kappa shape index (κ3) is 1.86. The van der Waals surface area contributed by atoms with Gasteiger partial charge in [-0.1, -0.05) is 0 Å². The maximum absolute atomic E-state index is 11.5. The van der Waals surface area contributed by atoms with E-state index in [4.69, 9.17) is 23.1 Å². The molecule has 1 amide bonds. The number of nitrogens with two attached hydrogens (primary N) is 2. The predicted octanol–water partition coefficient (Wildman–Crippen LogP) is -0.224. The normalized spacial score (nSPS) is 21.1. The maximum atomic E-state index is 11.5. The fraction of sp³-hybridized carbons (Fsp3) is 0.375. The van der Waals surface area contributed by atoms with Crippen LogP contribution in [0, 0.1) is 0 Å². The molecule has 7 heteroatoms. The Bertz CT molecular complexity index is 410. The van der Waals surface area contributed by atoms with Gasteiger partial charge in [0.15, 0.2) is 5.82 Å². The minimum atomic E-state index is -0.175. The molecule has 1 saturated heterocycles. The monoisotopic (exact) mass is 227 g/mol. The number of carbonyl (C=O) groups is 1. The van der Waals surface area contributed by atoms with Crippen LogP contribution in [0.1, 0.15) is 6.42 Å². The van der Waals surface area contributed by atoms with E-state index in [0.717, 1.165) is 0 Å². The summed E-state index contributed by atoms with van der Waals surface area (Å²) in [5.74, 6) is 0.247. The van der Waals surface area contributed by atoms with Crippen molar-refractivity contribution in [2.45, 2.75) is 12.5 Å². The number of nitrogens with zero attached hydrogens (tertiary/aromatic N) is 3. The lowest BCUT2D eigenvalue weighted by Gasteiger charge is -2.16. The molecule has 1 unspecified atom stereocenters. The number of hydrogen-bond acceptors (Lipinski definition) is 5. The number of nitrogen functional groups attached to an aromatic ring is 1. The van der Waals surface area contributed by atoms with Crippen molar-refractivity contribution in [2.75, 3.05) is 17.2 Å². The highest BCUT2D eigenvalue weighted by atomic mass is 35.5. The van der Waals surface area contributed by atoms with Crippen molar-refractivity contribution in [1.29, 1.82) is 0 Å². The van der Waals surface area contributed by atoms with E-state index in [0.29, 0.717) is 24.5 Å². The van der Waals surface area contributed by atoms with E-state index in [1.165, 1.54) is 11.1 Å². The predicted molar refractivity (Wildman–Crippen MR) is 56.4 cm³/mol. The highest BCUT2D eigenvalue weighted by Gasteiger charge is 2.30. The van der Waals surface area contributed by atoms with Crippen molar-refractivity contribution < 1.29 is 4.79 Å². The van der Waals surface area contributed by atoms with Gasteiger partial charge in [0.2, 0.25) is 11.2 Å². The molecule has 2 rings (SSSR count). The van der Waals surface area contributed by atoms with Gasteiger partial charge in [-0.05, 0) is 11.6 Å². The van der Waals surface area contributed by atoms with Crippen LogP contribution in [0.4, 0.5) is 11.5 Å². The molecule has 0 spiro atoms. The first-order valence-electron chi connectivity index (χ1n) is 4.42. The number of anilines is 2. The van der Waals surface area contributed by atoms with Crippen LogP contribution in [0.5, 0.6) is 0 Å². The Hall–Kier alpha value is -1.40. The lowest BCUT2D eigenvalue weighted by Crippen LogP contribution is -2.29. The van der Waals surface area contributed by atoms with Crippen molar-refractivity contribution >= 4 is 29.0 Å². The summed E-state index contributed by atoms with van der Waals surface area (Å²) in [6.45, 7) is 0.413. The van der Waals surface area contributed by atoms with Gasteiger partial charge in [0, 0.05) is 19.0 Å². The first-order chi connectivity index (χ1) is 7.08. The summed E-state index contributed by atoms with van der Waals surface area (Å²) in [5, 5.41) is 0.0625. The minimum Gasteiger partial charge on any atom is -0.394 e. The van der Waals surface area contributed by atoms with Crippen LogP contribution in [0.3, 0.4) is 0 Å². The number of carbonyl (C=O) groups excluding carboxylic acids is 1. The van der Waals surface area contributed by atoms with E-state index in [9.17, 15) is 4.79 Å². The summed E-state index contributed by atoms with van der Waals surface area (Å²) in [6, 6.07) is -0.175. The Morgan fingerprint density at radius 1 is 1.60 bits per heavy atom. The van der Waals surface area contributed by atoms with Gasteiger partial charge in [0.25, 0.3) is 0 Å². The standard InChI is InChI=1S/C8H10ClN5O/c9-8-12-2-5(11)7(13-8)14-3-4(10)1-6(14)15/h2,4H,1,3,10-11H2. The lowest BCUT2D eigenvalue weighted by atomic mass is 10.3. The second kappa shape index (κ2) is 3.63. The van der Waals surface area contributed by atoms with Crippen LogP contribution in [0.25, 0.3) is 0 Å². The summed E-state index contributed by atoms with van der Waals surface area (Å²) in [5.41, 5.74) is 11.6. The van der Waals surface area contributed by atoms with Crippen LogP contribution in [0.15, 0.2) is 6.20 Å². The molecule has 0 saturated carbocycles. The van der Waals surface area contributed by atoms with E-state index in [-0.39, 0.29) is 17.2 Å². The van der Waals surface area contributed by atoms with Crippen LogP contribution < -0.4 is 16.4 Å². The molecule has 0 aromatic carbocycles. The zero-order chi connectivity index (χ0) is 11.0. The van der Waals surface area contributed by atoms with Crippen molar-refractivity contribution in [2.24, 2.45) is 5.73 Å². The van der Waals surface area contributed by atoms with Crippen molar-refractivity contribution in [1.82, 2.24) is 9.97 Å². The largest absolute Gasteiger partial charge is 0.394 e.